The molecule has 0 spiro atoms. The normalized spacial score (nSPS) is 14.9. The first-order valence-corrected chi connectivity index (χ1v) is 9.89. The van der Waals surface area contributed by atoms with Gasteiger partial charge in [0.05, 0.1) is 0 Å². The van der Waals surface area contributed by atoms with E-state index in [0.717, 1.165) is 22.3 Å². The van der Waals surface area contributed by atoms with Gasteiger partial charge in [0.25, 0.3) is 0 Å². The number of benzene rings is 2. The first-order chi connectivity index (χ1) is 13.9. The summed E-state index contributed by atoms with van der Waals surface area (Å²) in [6.07, 6.45) is 1.34. The summed E-state index contributed by atoms with van der Waals surface area (Å²) in [6.45, 7) is 0.556. The van der Waals surface area contributed by atoms with E-state index in [9.17, 15) is 14.7 Å². The highest BCUT2D eigenvalue weighted by molar-refractivity contribution is 6.04. The summed E-state index contributed by atoms with van der Waals surface area (Å²) in [5, 5.41) is 9.90. The fraction of sp³-hybridized carbons (Fsp3) is 0.391. The van der Waals surface area contributed by atoms with E-state index < -0.39 is 17.5 Å². The maximum atomic E-state index is 13.0. The molecule has 0 radical (unpaired) electrons. The lowest BCUT2D eigenvalue weighted by atomic mass is 9.91. The Labute approximate surface area is 171 Å². The number of ether oxygens (including phenoxy) is 1. The summed E-state index contributed by atoms with van der Waals surface area (Å²) in [5.74, 6) is -2.03. The summed E-state index contributed by atoms with van der Waals surface area (Å²) in [4.78, 5) is 26.6. The topological polar surface area (TPSA) is 92.9 Å². The van der Waals surface area contributed by atoms with Crippen LogP contribution in [0.25, 0.3) is 11.1 Å². The molecule has 1 atom stereocenters. The number of aliphatic carboxylic acids is 1. The van der Waals surface area contributed by atoms with Crippen LogP contribution >= 0.6 is 0 Å². The van der Waals surface area contributed by atoms with Crippen LogP contribution in [0.4, 0.5) is 0 Å². The molecule has 0 saturated carbocycles. The molecular weight excluding hydrogens is 368 g/mol. The van der Waals surface area contributed by atoms with Crippen molar-refractivity contribution >= 4 is 11.9 Å². The van der Waals surface area contributed by atoms with Crippen molar-refractivity contribution in [1.29, 1.82) is 0 Å². The molecule has 3 rings (SSSR count). The molecule has 3 N–H and O–H groups in total. The molecule has 0 saturated heterocycles. The first-order valence-electron chi connectivity index (χ1n) is 9.89. The fourth-order valence-corrected chi connectivity index (χ4v) is 4.14. The summed E-state index contributed by atoms with van der Waals surface area (Å²) in [7, 11) is 3.19. The molecular formula is C23H28N2O4. The quantitative estimate of drug-likeness (QED) is 0.385. The lowest BCUT2D eigenvalue weighted by Crippen LogP contribution is -2.58. The van der Waals surface area contributed by atoms with Crippen LogP contribution in [0.15, 0.2) is 48.5 Å². The van der Waals surface area contributed by atoms with Crippen molar-refractivity contribution in [1.82, 2.24) is 4.90 Å². The van der Waals surface area contributed by atoms with E-state index >= 15 is 0 Å². The highest BCUT2D eigenvalue weighted by Gasteiger charge is 2.50. The molecule has 2 aromatic rings. The molecule has 1 aliphatic rings. The SMILES string of the molecule is CN(C)[C@@](CCCCN)(C(=O)O)C(=O)OCC1c2ccccc2-c2ccccc21. The van der Waals surface area contributed by atoms with Crippen LogP contribution in [-0.4, -0.2) is 54.7 Å². The second kappa shape index (κ2) is 8.76. The van der Waals surface area contributed by atoms with Gasteiger partial charge in [0.1, 0.15) is 6.61 Å². The average molecular weight is 396 g/mol. The van der Waals surface area contributed by atoms with Gasteiger partial charge in [0.15, 0.2) is 0 Å². The number of esters is 1. The number of carbonyl (C=O) groups is 2. The molecule has 6 nitrogen and oxygen atoms in total. The minimum absolute atomic E-state index is 0.104. The summed E-state index contributed by atoms with van der Waals surface area (Å²) < 4.78 is 5.67. The fourth-order valence-electron chi connectivity index (χ4n) is 4.14. The van der Waals surface area contributed by atoms with Crippen molar-refractivity contribution in [3.8, 4) is 11.1 Å². The number of carbonyl (C=O) groups excluding carboxylic acids is 1. The van der Waals surface area contributed by atoms with E-state index in [1.165, 1.54) is 4.90 Å². The molecule has 0 unspecified atom stereocenters. The molecule has 0 fully saturated rings. The Morgan fingerprint density at radius 2 is 1.59 bits per heavy atom. The maximum Gasteiger partial charge on any atom is 0.338 e. The Kier molecular flexibility index (Phi) is 6.35. The Balaban J connectivity index is 1.84. The highest BCUT2D eigenvalue weighted by atomic mass is 16.5. The lowest BCUT2D eigenvalue weighted by Gasteiger charge is -2.33. The zero-order chi connectivity index (χ0) is 21.0. The maximum absolute atomic E-state index is 13.0. The van der Waals surface area contributed by atoms with Gasteiger partial charge in [-0.2, -0.15) is 0 Å². The number of fused-ring (bicyclic) bond motifs is 3. The van der Waals surface area contributed by atoms with Gasteiger partial charge in [0, 0.05) is 5.92 Å². The number of carboxylic acid groups (broad SMARTS) is 1. The molecule has 0 bridgehead atoms. The van der Waals surface area contributed by atoms with Gasteiger partial charge in [-0.25, -0.2) is 9.59 Å². The largest absolute Gasteiger partial charge is 0.479 e. The Morgan fingerprint density at radius 3 is 2.07 bits per heavy atom. The Hall–Kier alpha value is -2.70. The predicted molar refractivity (Wildman–Crippen MR) is 112 cm³/mol. The number of likely N-dealkylation sites (N-methyl/N-ethyl adjacent to an activating group) is 1. The van der Waals surface area contributed by atoms with Gasteiger partial charge in [-0.3, -0.25) is 4.90 Å². The van der Waals surface area contributed by atoms with Crippen LogP contribution in [0, 0.1) is 0 Å². The number of unbranched alkanes of at least 4 members (excludes halogenated alkanes) is 1. The average Bonchev–Trinajstić information content (AvgIpc) is 3.03. The van der Waals surface area contributed by atoms with Gasteiger partial charge >= 0.3 is 11.9 Å². The second-order valence-electron chi connectivity index (χ2n) is 7.63. The van der Waals surface area contributed by atoms with Crippen LogP contribution < -0.4 is 5.73 Å². The van der Waals surface area contributed by atoms with Gasteiger partial charge < -0.3 is 15.6 Å². The van der Waals surface area contributed by atoms with E-state index in [2.05, 4.69) is 12.1 Å². The number of rotatable bonds is 9. The smallest absolute Gasteiger partial charge is 0.338 e. The second-order valence-corrected chi connectivity index (χ2v) is 7.63. The monoisotopic (exact) mass is 396 g/mol. The minimum Gasteiger partial charge on any atom is -0.479 e. The number of hydrogen-bond donors (Lipinski definition) is 2. The predicted octanol–water partition coefficient (Wildman–Crippen LogP) is 2.86. The van der Waals surface area contributed by atoms with Crippen molar-refractivity contribution in [2.45, 2.75) is 30.7 Å². The molecule has 0 aromatic heterocycles. The van der Waals surface area contributed by atoms with Crippen LogP contribution in [0.2, 0.25) is 0 Å². The van der Waals surface area contributed by atoms with E-state index in [1.807, 2.05) is 36.4 Å². The van der Waals surface area contributed by atoms with Crippen LogP contribution in [0.3, 0.4) is 0 Å². The van der Waals surface area contributed by atoms with Gasteiger partial charge in [0.2, 0.25) is 5.54 Å². The molecule has 0 heterocycles. The number of carboxylic acids is 1. The van der Waals surface area contributed by atoms with Crippen molar-refractivity contribution in [2.24, 2.45) is 5.73 Å². The summed E-state index contributed by atoms with van der Waals surface area (Å²) in [6, 6.07) is 16.1. The zero-order valence-electron chi connectivity index (χ0n) is 16.9. The van der Waals surface area contributed by atoms with Crippen LogP contribution in [0.1, 0.15) is 36.3 Å². The first kappa shape index (κ1) is 21.0. The molecule has 6 heteroatoms. The minimum atomic E-state index is -1.72. The summed E-state index contributed by atoms with van der Waals surface area (Å²) >= 11 is 0. The standard InChI is InChI=1S/C23H28N2O4/c1-25(2)23(21(26)27,13-7-8-14-24)22(28)29-15-20-18-11-5-3-9-16(18)17-10-4-6-12-19(17)20/h3-6,9-12,20H,7-8,13-15,24H2,1-2H3,(H,26,27)/t23-/m0/s1. The lowest BCUT2D eigenvalue weighted by molar-refractivity contribution is -0.170. The van der Waals surface area contributed by atoms with E-state index in [1.54, 1.807) is 14.1 Å². The third-order valence-corrected chi connectivity index (χ3v) is 5.79. The van der Waals surface area contributed by atoms with Crippen molar-refractivity contribution in [2.75, 3.05) is 27.2 Å². The van der Waals surface area contributed by atoms with Gasteiger partial charge in [-0.15, -0.1) is 0 Å². The zero-order valence-corrected chi connectivity index (χ0v) is 16.9. The van der Waals surface area contributed by atoms with Crippen molar-refractivity contribution in [3.05, 3.63) is 59.7 Å². The van der Waals surface area contributed by atoms with E-state index in [-0.39, 0.29) is 18.9 Å². The van der Waals surface area contributed by atoms with Crippen molar-refractivity contribution in [3.63, 3.8) is 0 Å². The van der Waals surface area contributed by atoms with Gasteiger partial charge in [-0.05, 0) is 62.2 Å². The number of nitrogens with two attached hydrogens (primary N) is 1. The molecule has 1 aliphatic carbocycles. The third kappa shape index (κ3) is 3.78. The molecule has 0 aliphatic heterocycles. The van der Waals surface area contributed by atoms with Crippen LogP contribution in [0.5, 0.6) is 0 Å². The van der Waals surface area contributed by atoms with E-state index in [4.69, 9.17) is 10.5 Å². The molecule has 0 amide bonds. The molecule has 29 heavy (non-hydrogen) atoms. The van der Waals surface area contributed by atoms with Crippen molar-refractivity contribution < 1.29 is 19.4 Å². The molecule has 2 aromatic carbocycles. The van der Waals surface area contributed by atoms with E-state index in [0.29, 0.717) is 19.4 Å². The Morgan fingerprint density at radius 1 is 1.03 bits per heavy atom. The number of nitrogens with zero attached hydrogens (tertiary/aromatic N) is 1. The van der Waals surface area contributed by atoms with Crippen LogP contribution in [-0.2, 0) is 14.3 Å². The summed E-state index contributed by atoms with van der Waals surface area (Å²) in [5.41, 5.74) is 8.27. The molecule has 154 valence electrons. The number of hydrogen-bond acceptors (Lipinski definition) is 5. The Bertz CT molecular complexity index is 850. The highest BCUT2D eigenvalue weighted by Crippen LogP contribution is 2.44. The third-order valence-electron chi connectivity index (χ3n) is 5.79. The van der Waals surface area contributed by atoms with Gasteiger partial charge in [-0.1, -0.05) is 48.5 Å².